The fourth-order valence-electron chi connectivity index (χ4n) is 1.96. The van der Waals surface area contributed by atoms with Crippen molar-refractivity contribution >= 4 is 0 Å². The lowest BCUT2D eigenvalue weighted by atomic mass is 9.98. The van der Waals surface area contributed by atoms with Gasteiger partial charge in [0.2, 0.25) is 0 Å². The normalized spacial score (nSPS) is 18.6. The Bertz CT molecular complexity index is 121. The lowest BCUT2D eigenvalue weighted by Crippen LogP contribution is -2.25. The summed E-state index contributed by atoms with van der Waals surface area (Å²) in [6.07, 6.45) is 9.84. The summed E-state index contributed by atoms with van der Waals surface area (Å²) in [6.45, 7) is 5.29. The van der Waals surface area contributed by atoms with E-state index < -0.39 is 0 Å². The molecule has 0 aromatic rings. The smallest absolute Gasteiger partial charge is 0.0594 e. The Balaban J connectivity index is 1.82. The molecular formula is C12H25NO. The zero-order valence-corrected chi connectivity index (χ0v) is 9.56. The van der Waals surface area contributed by atoms with E-state index in [1.54, 1.807) is 0 Å². The predicted octanol–water partition coefficient (Wildman–Crippen LogP) is 2.73. The fraction of sp³-hybridized carbons (Fsp3) is 1.00. The molecule has 84 valence electrons. The first-order chi connectivity index (χ1) is 6.93. The van der Waals surface area contributed by atoms with E-state index in [9.17, 15) is 0 Å². The summed E-state index contributed by atoms with van der Waals surface area (Å²) in [4.78, 5) is 0. The monoisotopic (exact) mass is 199 g/mol. The molecule has 0 atom stereocenters. The van der Waals surface area contributed by atoms with Gasteiger partial charge < -0.3 is 10.1 Å². The van der Waals surface area contributed by atoms with Gasteiger partial charge >= 0.3 is 0 Å². The SMILES string of the molecule is CCCCNCCOC1CCCCC1. The molecule has 2 nitrogen and oxygen atoms in total. The third kappa shape index (κ3) is 5.61. The van der Waals surface area contributed by atoms with E-state index in [2.05, 4.69) is 12.2 Å². The quantitative estimate of drug-likeness (QED) is 0.637. The minimum absolute atomic E-state index is 0.566. The number of hydrogen-bond donors (Lipinski definition) is 1. The molecular weight excluding hydrogens is 174 g/mol. The van der Waals surface area contributed by atoms with E-state index in [4.69, 9.17) is 4.74 Å². The summed E-state index contributed by atoms with van der Waals surface area (Å²) in [7, 11) is 0. The first-order valence-corrected chi connectivity index (χ1v) is 6.26. The third-order valence-electron chi connectivity index (χ3n) is 2.89. The van der Waals surface area contributed by atoms with Crippen molar-refractivity contribution in [2.45, 2.75) is 58.0 Å². The predicted molar refractivity (Wildman–Crippen MR) is 60.6 cm³/mol. The molecule has 0 saturated heterocycles. The summed E-state index contributed by atoms with van der Waals surface area (Å²) >= 11 is 0. The number of ether oxygens (including phenoxy) is 1. The zero-order valence-electron chi connectivity index (χ0n) is 9.56. The van der Waals surface area contributed by atoms with Crippen LogP contribution in [0.2, 0.25) is 0 Å². The van der Waals surface area contributed by atoms with Crippen LogP contribution >= 0.6 is 0 Å². The molecule has 0 aromatic carbocycles. The van der Waals surface area contributed by atoms with Gasteiger partial charge in [0.25, 0.3) is 0 Å². The van der Waals surface area contributed by atoms with Crippen LogP contribution in [0.1, 0.15) is 51.9 Å². The molecule has 2 heteroatoms. The van der Waals surface area contributed by atoms with Crippen LogP contribution in [0.4, 0.5) is 0 Å². The fourth-order valence-corrected chi connectivity index (χ4v) is 1.96. The maximum absolute atomic E-state index is 5.80. The molecule has 1 rings (SSSR count). The molecule has 0 heterocycles. The second-order valence-corrected chi connectivity index (χ2v) is 4.23. The zero-order chi connectivity index (χ0) is 10.1. The molecule has 1 saturated carbocycles. The highest BCUT2D eigenvalue weighted by Crippen LogP contribution is 2.19. The van der Waals surface area contributed by atoms with E-state index >= 15 is 0 Å². The van der Waals surface area contributed by atoms with Crippen LogP contribution < -0.4 is 5.32 Å². The maximum Gasteiger partial charge on any atom is 0.0594 e. The standard InChI is InChI=1S/C12H25NO/c1-2-3-9-13-10-11-14-12-7-5-4-6-8-12/h12-13H,2-11H2,1H3. The first kappa shape index (κ1) is 12.0. The van der Waals surface area contributed by atoms with Crippen LogP contribution in [0.25, 0.3) is 0 Å². The molecule has 0 bridgehead atoms. The van der Waals surface area contributed by atoms with Gasteiger partial charge in [0.1, 0.15) is 0 Å². The molecule has 0 aromatic heterocycles. The van der Waals surface area contributed by atoms with E-state index in [1.807, 2.05) is 0 Å². The van der Waals surface area contributed by atoms with Gasteiger partial charge in [-0.15, -0.1) is 0 Å². The average molecular weight is 199 g/mol. The van der Waals surface area contributed by atoms with Gasteiger partial charge in [-0.2, -0.15) is 0 Å². The largest absolute Gasteiger partial charge is 0.377 e. The summed E-state index contributed by atoms with van der Waals surface area (Å²) in [5, 5.41) is 3.40. The summed E-state index contributed by atoms with van der Waals surface area (Å²) < 4.78 is 5.80. The van der Waals surface area contributed by atoms with Crippen LogP contribution in [0.15, 0.2) is 0 Å². The molecule has 0 aliphatic heterocycles. The molecule has 14 heavy (non-hydrogen) atoms. The van der Waals surface area contributed by atoms with Gasteiger partial charge in [-0.25, -0.2) is 0 Å². The van der Waals surface area contributed by atoms with Crippen molar-refractivity contribution in [1.82, 2.24) is 5.32 Å². The lowest BCUT2D eigenvalue weighted by Gasteiger charge is -2.21. The van der Waals surface area contributed by atoms with Gasteiger partial charge in [0.15, 0.2) is 0 Å². The van der Waals surface area contributed by atoms with Crippen molar-refractivity contribution in [3.05, 3.63) is 0 Å². The Morgan fingerprint density at radius 2 is 1.93 bits per heavy atom. The summed E-state index contributed by atoms with van der Waals surface area (Å²) in [5.74, 6) is 0. The van der Waals surface area contributed by atoms with E-state index in [-0.39, 0.29) is 0 Å². The van der Waals surface area contributed by atoms with Crippen LogP contribution in [0.3, 0.4) is 0 Å². The first-order valence-electron chi connectivity index (χ1n) is 6.26. The molecule has 1 fully saturated rings. The second-order valence-electron chi connectivity index (χ2n) is 4.23. The maximum atomic E-state index is 5.80. The molecule has 0 unspecified atom stereocenters. The van der Waals surface area contributed by atoms with Gasteiger partial charge in [-0.1, -0.05) is 32.6 Å². The van der Waals surface area contributed by atoms with E-state index in [1.165, 1.54) is 44.9 Å². The minimum Gasteiger partial charge on any atom is -0.377 e. The number of unbranched alkanes of at least 4 members (excludes halogenated alkanes) is 1. The van der Waals surface area contributed by atoms with Crippen LogP contribution in [-0.2, 0) is 4.74 Å². The summed E-state index contributed by atoms with van der Waals surface area (Å²) in [5.41, 5.74) is 0. The molecule has 0 amide bonds. The third-order valence-corrected chi connectivity index (χ3v) is 2.89. The highest BCUT2D eigenvalue weighted by atomic mass is 16.5. The van der Waals surface area contributed by atoms with Crippen molar-refractivity contribution in [3.8, 4) is 0 Å². The molecule has 1 aliphatic rings. The Hall–Kier alpha value is -0.0800. The van der Waals surface area contributed by atoms with E-state index in [0.717, 1.165) is 19.7 Å². The van der Waals surface area contributed by atoms with Crippen molar-refractivity contribution in [3.63, 3.8) is 0 Å². The number of nitrogens with one attached hydrogen (secondary N) is 1. The van der Waals surface area contributed by atoms with Crippen molar-refractivity contribution in [1.29, 1.82) is 0 Å². The lowest BCUT2D eigenvalue weighted by molar-refractivity contribution is 0.0304. The topological polar surface area (TPSA) is 21.3 Å². The Kier molecular flexibility index (Phi) is 7.06. The van der Waals surface area contributed by atoms with Gasteiger partial charge in [-0.05, 0) is 25.8 Å². The van der Waals surface area contributed by atoms with Crippen molar-refractivity contribution in [2.75, 3.05) is 19.7 Å². The summed E-state index contributed by atoms with van der Waals surface area (Å²) in [6, 6.07) is 0. The number of hydrogen-bond acceptors (Lipinski definition) is 2. The Labute approximate surface area is 88.4 Å². The van der Waals surface area contributed by atoms with Crippen molar-refractivity contribution in [2.24, 2.45) is 0 Å². The van der Waals surface area contributed by atoms with Gasteiger partial charge in [0, 0.05) is 6.54 Å². The average Bonchev–Trinajstić information content (AvgIpc) is 2.25. The number of rotatable bonds is 7. The molecule has 1 N–H and O–H groups in total. The van der Waals surface area contributed by atoms with Gasteiger partial charge in [-0.3, -0.25) is 0 Å². The van der Waals surface area contributed by atoms with Crippen molar-refractivity contribution < 1.29 is 4.74 Å². The van der Waals surface area contributed by atoms with Crippen LogP contribution in [-0.4, -0.2) is 25.8 Å². The Morgan fingerprint density at radius 1 is 1.14 bits per heavy atom. The molecule has 0 spiro atoms. The second kappa shape index (κ2) is 8.25. The highest BCUT2D eigenvalue weighted by Gasteiger charge is 2.12. The Morgan fingerprint density at radius 3 is 2.64 bits per heavy atom. The molecule has 0 radical (unpaired) electrons. The van der Waals surface area contributed by atoms with Crippen LogP contribution in [0, 0.1) is 0 Å². The van der Waals surface area contributed by atoms with Gasteiger partial charge in [0.05, 0.1) is 12.7 Å². The van der Waals surface area contributed by atoms with Crippen LogP contribution in [0.5, 0.6) is 0 Å². The highest BCUT2D eigenvalue weighted by molar-refractivity contribution is 4.65. The van der Waals surface area contributed by atoms with E-state index in [0.29, 0.717) is 6.10 Å². The molecule has 1 aliphatic carbocycles. The minimum atomic E-state index is 0.566.